The van der Waals surface area contributed by atoms with E-state index in [0.29, 0.717) is 17.2 Å². The normalized spacial score (nSPS) is 14.8. The van der Waals surface area contributed by atoms with E-state index in [4.69, 9.17) is 9.52 Å². The Balaban J connectivity index is 1.67. The Morgan fingerprint density at radius 2 is 1.70 bits per heavy atom. The fraction of sp³-hybridized carbons (Fsp3) is 0.0435. The Bertz CT molecular complexity index is 1200. The predicted molar refractivity (Wildman–Crippen MR) is 111 cm³/mol. The van der Waals surface area contributed by atoms with Gasteiger partial charge in [0.25, 0.3) is 5.91 Å². The van der Waals surface area contributed by atoms with Crippen LogP contribution in [0.3, 0.4) is 0 Å². The molecule has 0 saturated heterocycles. The number of amides is 1. The molecule has 1 aliphatic rings. The van der Waals surface area contributed by atoms with Gasteiger partial charge in [-0.05, 0) is 42.5 Å². The minimum atomic E-state index is -1.07. The topological polar surface area (TPSA) is 100 Å². The summed E-state index contributed by atoms with van der Waals surface area (Å²) < 4.78 is 5.81. The van der Waals surface area contributed by atoms with Gasteiger partial charge in [0.1, 0.15) is 17.2 Å². The first-order valence-corrected chi connectivity index (χ1v) is 9.09. The fourth-order valence-corrected chi connectivity index (χ4v) is 3.06. The molecule has 1 aliphatic heterocycles. The lowest BCUT2D eigenvalue weighted by Gasteiger charge is -2.11. The van der Waals surface area contributed by atoms with Crippen LogP contribution in [0, 0.1) is 0 Å². The molecule has 0 saturated carbocycles. The summed E-state index contributed by atoms with van der Waals surface area (Å²) in [5, 5.41) is 14.3. The van der Waals surface area contributed by atoms with E-state index in [2.05, 4.69) is 5.10 Å². The molecule has 1 aromatic heterocycles. The zero-order chi connectivity index (χ0) is 21.3. The molecule has 0 spiro atoms. The van der Waals surface area contributed by atoms with E-state index < -0.39 is 11.9 Å². The van der Waals surface area contributed by atoms with Crippen molar-refractivity contribution in [3.05, 3.63) is 83.6 Å². The molecule has 0 aliphatic carbocycles. The summed E-state index contributed by atoms with van der Waals surface area (Å²) in [7, 11) is 0. The van der Waals surface area contributed by atoms with Crippen molar-refractivity contribution in [2.24, 2.45) is 5.10 Å². The first-order valence-electron chi connectivity index (χ1n) is 9.09. The molecule has 0 radical (unpaired) electrons. The molecular formula is C23H16N2O5. The molecule has 1 amide bonds. The maximum absolute atomic E-state index is 13.0. The number of hydrogen-bond acceptors (Lipinski definition) is 5. The lowest BCUT2D eigenvalue weighted by molar-refractivity contribution is -0.114. The number of hydrogen-bond donors (Lipinski definition) is 1. The van der Waals surface area contributed by atoms with Gasteiger partial charge in [0.05, 0.1) is 16.8 Å². The lowest BCUT2D eigenvalue weighted by atomic mass is 10.1. The number of carboxylic acids is 1. The third kappa shape index (κ3) is 3.56. The summed E-state index contributed by atoms with van der Waals surface area (Å²) in [5.74, 6) is -0.894. The Kier molecular flexibility index (Phi) is 4.85. The number of hydrazone groups is 1. The highest BCUT2D eigenvalue weighted by molar-refractivity contribution is 6.55. The first-order chi connectivity index (χ1) is 14.4. The third-order valence-corrected chi connectivity index (χ3v) is 4.54. The molecule has 30 heavy (non-hydrogen) atoms. The molecule has 148 valence electrons. The summed E-state index contributed by atoms with van der Waals surface area (Å²) in [5.41, 5.74) is 1.46. The summed E-state index contributed by atoms with van der Waals surface area (Å²) in [4.78, 5) is 36.1. The van der Waals surface area contributed by atoms with Crippen molar-refractivity contribution in [2.75, 3.05) is 5.01 Å². The zero-order valence-corrected chi connectivity index (χ0v) is 15.9. The van der Waals surface area contributed by atoms with Crippen LogP contribution >= 0.6 is 0 Å². The second-order valence-electron chi connectivity index (χ2n) is 6.60. The summed E-state index contributed by atoms with van der Waals surface area (Å²) in [6, 6.07) is 18.7. The van der Waals surface area contributed by atoms with Crippen molar-refractivity contribution in [3.63, 3.8) is 0 Å². The van der Waals surface area contributed by atoms with E-state index in [9.17, 15) is 14.4 Å². The Morgan fingerprint density at radius 3 is 2.33 bits per heavy atom. The number of Topliss-reactive ketones (excluding diaryl/α,β-unsaturated/α-hetero) is 1. The van der Waals surface area contributed by atoms with Crippen molar-refractivity contribution in [1.82, 2.24) is 0 Å². The van der Waals surface area contributed by atoms with Crippen LogP contribution in [-0.4, -0.2) is 28.5 Å². The molecule has 0 atom stereocenters. The molecule has 1 N–H and O–H groups in total. The molecule has 7 heteroatoms. The largest absolute Gasteiger partial charge is 0.478 e. The highest BCUT2D eigenvalue weighted by Gasteiger charge is 2.33. The second-order valence-corrected chi connectivity index (χ2v) is 6.60. The summed E-state index contributed by atoms with van der Waals surface area (Å²) >= 11 is 0. The number of ketones is 1. The van der Waals surface area contributed by atoms with Gasteiger partial charge in [0, 0.05) is 12.5 Å². The molecule has 7 nitrogen and oxygen atoms in total. The molecule has 2 aromatic carbocycles. The second kappa shape index (κ2) is 7.63. The Morgan fingerprint density at radius 1 is 1.00 bits per heavy atom. The molecule has 4 rings (SSSR count). The molecule has 0 bridgehead atoms. The number of carboxylic acid groups (broad SMARTS) is 1. The fourth-order valence-electron chi connectivity index (χ4n) is 3.06. The maximum atomic E-state index is 13.0. The summed E-state index contributed by atoms with van der Waals surface area (Å²) in [6.07, 6.45) is 1.49. The molecule has 0 fully saturated rings. The Labute approximate surface area is 171 Å². The van der Waals surface area contributed by atoms with Gasteiger partial charge in [0.15, 0.2) is 5.78 Å². The SMILES string of the molecule is CC(=O)C1=NN(c2ccc(C(=O)O)cc2)C(=O)/C1=C\c1ccc(-c2ccccc2)o1. The van der Waals surface area contributed by atoms with Crippen LogP contribution in [0.4, 0.5) is 5.69 Å². The van der Waals surface area contributed by atoms with Crippen LogP contribution in [0.25, 0.3) is 17.4 Å². The van der Waals surface area contributed by atoms with Gasteiger partial charge in [-0.15, -0.1) is 0 Å². The van der Waals surface area contributed by atoms with E-state index in [1.807, 2.05) is 30.3 Å². The molecule has 0 unspecified atom stereocenters. The van der Waals surface area contributed by atoms with E-state index >= 15 is 0 Å². The van der Waals surface area contributed by atoms with Crippen molar-refractivity contribution in [2.45, 2.75) is 6.92 Å². The van der Waals surface area contributed by atoms with Crippen LogP contribution in [0.15, 0.2) is 81.8 Å². The van der Waals surface area contributed by atoms with Gasteiger partial charge >= 0.3 is 5.97 Å². The average Bonchev–Trinajstić information content (AvgIpc) is 3.34. The number of furan rings is 1. The van der Waals surface area contributed by atoms with Crippen LogP contribution < -0.4 is 5.01 Å². The van der Waals surface area contributed by atoms with Crippen molar-refractivity contribution in [3.8, 4) is 11.3 Å². The predicted octanol–water partition coefficient (Wildman–Crippen LogP) is 4.02. The van der Waals surface area contributed by atoms with Gasteiger partial charge in [-0.2, -0.15) is 10.1 Å². The molecule has 2 heterocycles. The van der Waals surface area contributed by atoms with Crippen LogP contribution in [-0.2, 0) is 9.59 Å². The Hall–Kier alpha value is -4.26. The highest BCUT2D eigenvalue weighted by Crippen LogP contribution is 2.28. The molecular weight excluding hydrogens is 384 g/mol. The number of nitrogens with zero attached hydrogens (tertiary/aromatic N) is 2. The summed E-state index contributed by atoms with van der Waals surface area (Å²) in [6.45, 7) is 1.33. The zero-order valence-electron chi connectivity index (χ0n) is 15.9. The van der Waals surface area contributed by atoms with Gasteiger partial charge in [0.2, 0.25) is 0 Å². The number of carbonyl (C=O) groups excluding carboxylic acids is 2. The lowest BCUT2D eigenvalue weighted by Crippen LogP contribution is -2.21. The number of benzene rings is 2. The van der Waals surface area contributed by atoms with Crippen LogP contribution in [0.2, 0.25) is 0 Å². The monoisotopic (exact) mass is 400 g/mol. The quantitative estimate of drug-likeness (QED) is 0.652. The van der Waals surface area contributed by atoms with Crippen molar-refractivity contribution >= 4 is 35.1 Å². The van der Waals surface area contributed by atoms with E-state index in [-0.39, 0.29) is 22.6 Å². The van der Waals surface area contributed by atoms with Gasteiger partial charge in [-0.3, -0.25) is 9.59 Å². The smallest absolute Gasteiger partial charge is 0.335 e. The van der Waals surface area contributed by atoms with Gasteiger partial charge < -0.3 is 9.52 Å². The minimum absolute atomic E-state index is 0.0139. The number of anilines is 1. The number of aromatic carboxylic acids is 1. The van der Waals surface area contributed by atoms with Crippen LogP contribution in [0.1, 0.15) is 23.0 Å². The standard InChI is InChI=1S/C23H16N2O5/c1-14(26)21-19(13-18-11-12-20(30-18)15-5-3-2-4-6-15)22(27)25(24-21)17-9-7-16(8-10-17)23(28)29/h2-13H,1H3,(H,28,29)/b19-13-. The van der Waals surface area contributed by atoms with E-state index in [1.165, 1.54) is 37.3 Å². The highest BCUT2D eigenvalue weighted by atomic mass is 16.4. The minimum Gasteiger partial charge on any atom is -0.478 e. The van der Waals surface area contributed by atoms with Crippen molar-refractivity contribution in [1.29, 1.82) is 0 Å². The van der Waals surface area contributed by atoms with Gasteiger partial charge in [-0.1, -0.05) is 30.3 Å². The van der Waals surface area contributed by atoms with Crippen LogP contribution in [0.5, 0.6) is 0 Å². The number of carbonyl (C=O) groups is 3. The van der Waals surface area contributed by atoms with Crippen molar-refractivity contribution < 1.29 is 23.9 Å². The number of rotatable bonds is 5. The maximum Gasteiger partial charge on any atom is 0.335 e. The third-order valence-electron chi connectivity index (χ3n) is 4.54. The van der Waals surface area contributed by atoms with Gasteiger partial charge in [-0.25, -0.2) is 4.79 Å². The molecule has 3 aromatic rings. The van der Waals surface area contributed by atoms with E-state index in [0.717, 1.165) is 10.6 Å². The average molecular weight is 400 g/mol. The van der Waals surface area contributed by atoms with E-state index in [1.54, 1.807) is 12.1 Å². The first kappa shape index (κ1) is 19.1.